The van der Waals surface area contributed by atoms with Gasteiger partial charge in [0.2, 0.25) is 0 Å². The number of hydrogen-bond donors (Lipinski definition) is 1. The van der Waals surface area contributed by atoms with Crippen molar-refractivity contribution in [1.82, 2.24) is 4.98 Å². The topological polar surface area (TPSA) is 38.9 Å². The molecule has 1 aromatic heterocycles. The molecule has 0 amide bonds. The SMILES string of the molecule is NC(=S)c1c2ccccc2nc2ccccc12. The van der Waals surface area contributed by atoms with Crippen molar-refractivity contribution in [1.29, 1.82) is 0 Å². The minimum atomic E-state index is 0.416. The fourth-order valence-corrected chi connectivity index (χ4v) is 2.33. The quantitative estimate of drug-likeness (QED) is 0.523. The van der Waals surface area contributed by atoms with Crippen LogP contribution in [0.5, 0.6) is 0 Å². The zero-order chi connectivity index (χ0) is 11.8. The van der Waals surface area contributed by atoms with Crippen LogP contribution < -0.4 is 5.73 Å². The average molecular weight is 238 g/mol. The summed E-state index contributed by atoms with van der Waals surface area (Å²) < 4.78 is 0. The van der Waals surface area contributed by atoms with Crippen LogP contribution in [0, 0.1) is 0 Å². The van der Waals surface area contributed by atoms with Crippen LogP contribution in [0.15, 0.2) is 48.5 Å². The van der Waals surface area contributed by atoms with Crippen LogP contribution in [-0.4, -0.2) is 9.97 Å². The summed E-state index contributed by atoms with van der Waals surface area (Å²) in [6, 6.07) is 15.8. The zero-order valence-corrected chi connectivity index (χ0v) is 9.87. The van der Waals surface area contributed by atoms with E-state index in [0.717, 1.165) is 27.4 Å². The molecule has 1 heterocycles. The van der Waals surface area contributed by atoms with Crippen molar-refractivity contribution in [3.63, 3.8) is 0 Å². The summed E-state index contributed by atoms with van der Waals surface area (Å²) in [7, 11) is 0. The molecular formula is C14H10N2S. The Kier molecular flexibility index (Phi) is 2.27. The van der Waals surface area contributed by atoms with Gasteiger partial charge in [0.05, 0.1) is 11.0 Å². The number of thiocarbonyl (C=S) groups is 1. The summed E-state index contributed by atoms with van der Waals surface area (Å²) >= 11 is 5.17. The van der Waals surface area contributed by atoms with Gasteiger partial charge in [-0.3, -0.25) is 0 Å². The van der Waals surface area contributed by atoms with E-state index in [4.69, 9.17) is 18.0 Å². The van der Waals surface area contributed by atoms with E-state index in [1.165, 1.54) is 0 Å². The zero-order valence-electron chi connectivity index (χ0n) is 9.05. The van der Waals surface area contributed by atoms with Crippen LogP contribution in [0.3, 0.4) is 0 Å². The van der Waals surface area contributed by atoms with E-state index >= 15 is 0 Å². The molecule has 2 nitrogen and oxygen atoms in total. The van der Waals surface area contributed by atoms with Gasteiger partial charge >= 0.3 is 0 Å². The summed E-state index contributed by atoms with van der Waals surface area (Å²) in [4.78, 5) is 5.02. The minimum Gasteiger partial charge on any atom is -0.389 e. The van der Waals surface area contributed by atoms with E-state index in [1.807, 2.05) is 48.5 Å². The van der Waals surface area contributed by atoms with E-state index in [2.05, 4.69) is 4.98 Å². The molecule has 0 unspecified atom stereocenters. The highest BCUT2D eigenvalue weighted by molar-refractivity contribution is 7.80. The summed E-state index contributed by atoms with van der Waals surface area (Å²) in [6.45, 7) is 0. The second-order valence-corrected chi connectivity index (χ2v) is 4.33. The molecule has 0 fully saturated rings. The second kappa shape index (κ2) is 3.79. The first-order valence-corrected chi connectivity index (χ1v) is 5.75. The second-order valence-electron chi connectivity index (χ2n) is 3.89. The molecule has 17 heavy (non-hydrogen) atoms. The van der Waals surface area contributed by atoms with Crippen LogP contribution in [-0.2, 0) is 0 Å². The highest BCUT2D eigenvalue weighted by atomic mass is 32.1. The lowest BCUT2D eigenvalue weighted by molar-refractivity contribution is 1.49. The third kappa shape index (κ3) is 1.56. The molecule has 82 valence electrons. The van der Waals surface area contributed by atoms with E-state index < -0.39 is 0 Å². The molecule has 0 bridgehead atoms. The van der Waals surface area contributed by atoms with E-state index in [0.29, 0.717) is 4.99 Å². The molecule has 3 rings (SSSR count). The molecule has 3 aromatic rings. The predicted octanol–water partition coefficient (Wildman–Crippen LogP) is 3.02. The van der Waals surface area contributed by atoms with Crippen LogP contribution in [0.4, 0.5) is 0 Å². The Morgan fingerprint density at radius 2 is 1.35 bits per heavy atom. The Balaban J connectivity index is 2.61. The van der Waals surface area contributed by atoms with Gasteiger partial charge in [0.15, 0.2) is 0 Å². The number of pyridine rings is 1. The molecule has 0 atom stereocenters. The van der Waals surface area contributed by atoms with Crippen molar-refractivity contribution in [3.8, 4) is 0 Å². The van der Waals surface area contributed by atoms with Crippen molar-refractivity contribution in [3.05, 3.63) is 54.1 Å². The number of para-hydroxylation sites is 2. The number of nitrogens with zero attached hydrogens (tertiary/aromatic N) is 1. The summed E-state index contributed by atoms with van der Waals surface area (Å²) in [5.74, 6) is 0. The molecule has 2 aromatic carbocycles. The van der Waals surface area contributed by atoms with Gasteiger partial charge < -0.3 is 5.73 Å². The number of aromatic nitrogens is 1. The number of fused-ring (bicyclic) bond motifs is 2. The Morgan fingerprint density at radius 1 is 0.882 bits per heavy atom. The maximum absolute atomic E-state index is 5.85. The summed E-state index contributed by atoms with van der Waals surface area (Å²) in [5, 5.41) is 2.03. The summed E-state index contributed by atoms with van der Waals surface area (Å²) in [5.41, 5.74) is 8.62. The van der Waals surface area contributed by atoms with E-state index in [9.17, 15) is 0 Å². The van der Waals surface area contributed by atoms with Crippen molar-refractivity contribution < 1.29 is 0 Å². The van der Waals surface area contributed by atoms with Crippen molar-refractivity contribution in [2.45, 2.75) is 0 Å². The van der Waals surface area contributed by atoms with Crippen molar-refractivity contribution in [2.75, 3.05) is 0 Å². The van der Waals surface area contributed by atoms with Gasteiger partial charge in [-0.15, -0.1) is 0 Å². The Bertz CT molecular complexity index is 680. The van der Waals surface area contributed by atoms with Gasteiger partial charge in [-0.2, -0.15) is 0 Å². The standard InChI is InChI=1S/C14H10N2S/c15-14(17)13-9-5-1-3-7-11(9)16-12-8-4-2-6-10(12)13/h1-8H,(H2,15,17). The molecule has 0 saturated heterocycles. The lowest BCUT2D eigenvalue weighted by Gasteiger charge is -2.08. The van der Waals surface area contributed by atoms with Crippen molar-refractivity contribution >= 4 is 39.0 Å². The monoisotopic (exact) mass is 238 g/mol. The lowest BCUT2D eigenvalue weighted by Crippen LogP contribution is -2.11. The minimum absolute atomic E-state index is 0.416. The van der Waals surface area contributed by atoms with Crippen LogP contribution in [0.2, 0.25) is 0 Å². The van der Waals surface area contributed by atoms with E-state index in [-0.39, 0.29) is 0 Å². The van der Waals surface area contributed by atoms with Gasteiger partial charge in [-0.1, -0.05) is 48.6 Å². The van der Waals surface area contributed by atoms with Gasteiger partial charge in [0, 0.05) is 16.3 Å². The Hall–Kier alpha value is -2.00. The molecule has 0 aliphatic carbocycles. The Morgan fingerprint density at radius 3 is 1.82 bits per heavy atom. The largest absolute Gasteiger partial charge is 0.389 e. The van der Waals surface area contributed by atoms with Crippen molar-refractivity contribution in [2.24, 2.45) is 5.73 Å². The highest BCUT2D eigenvalue weighted by Crippen LogP contribution is 2.25. The lowest BCUT2D eigenvalue weighted by atomic mass is 10.0. The third-order valence-corrected chi connectivity index (χ3v) is 3.04. The van der Waals surface area contributed by atoms with Gasteiger partial charge in [-0.05, 0) is 12.1 Å². The van der Waals surface area contributed by atoms with E-state index in [1.54, 1.807) is 0 Å². The first-order chi connectivity index (χ1) is 8.27. The molecule has 0 aliphatic rings. The molecular weight excluding hydrogens is 228 g/mol. The van der Waals surface area contributed by atoms with Crippen LogP contribution in [0.25, 0.3) is 21.8 Å². The van der Waals surface area contributed by atoms with Gasteiger partial charge in [0.25, 0.3) is 0 Å². The predicted molar refractivity (Wildman–Crippen MR) is 75.1 cm³/mol. The average Bonchev–Trinajstić information content (AvgIpc) is 2.35. The van der Waals surface area contributed by atoms with Gasteiger partial charge in [0.1, 0.15) is 4.99 Å². The fourth-order valence-electron chi connectivity index (χ4n) is 2.11. The molecule has 3 heteroatoms. The number of benzene rings is 2. The highest BCUT2D eigenvalue weighted by Gasteiger charge is 2.09. The number of hydrogen-bond acceptors (Lipinski definition) is 2. The first-order valence-electron chi connectivity index (χ1n) is 5.34. The smallest absolute Gasteiger partial charge is 0.105 e. The molecule has 0 saturated carbocycles. The first kappa shape index (κ1) is 10.2. The normalized spacial score (nSPS) is 10.8. The Labute approximate surface area is 104 Å². The fraction of sp³-hybridized carbons (Fsp3) is 0. The maximum atomic E-state index is 5.85. The van der Waals surface area contributed by atoms with Crippen LogP contribution in [0.1, 0.15) is 5.56 Å². The molecule has 0 spiro atoms. The molecule has 0 radical (unpaired) electrons. The molecule has 2 N–H and O–H groups in total. The maximum Gasteiger partial charge on any atom is 0.105 e. The summed E-state index contributed by atoms with van der Waals surface area (Å²) in [6.07, 6.45) is 0. The number of rotatable bonds is 1. The van der Waals surface area contributed by atoms with Gasteiger partial charge in [-0.25, -0.2) is 4.98 Å². The molecule has 0 aliphatic heterocycles. The third-order valence-electron chi connectivity index (χ3n) is 2.83. The number of nitrogens with two attached hydrogens (primary N) is 1. The van der Waals surface area contributed by atoms with Crippen LogP contribution >= 0.6 is 12.2 Å².